The number of hydrazine groups is 1. The van der Waals surface area contributed by atoms with Crippen molar-refractivity contribution in [1.29, 1.82) is 0 Å². The minimum Gasteiger partial charge on any atom is -0.362 e. The third kappa shape index (κ3) is 2.95. The van der Waals surface area contributed by atoms with Gasteiger partial charge in [0, 0.05) is 17.5 Å². The van der Waals surface area contributed by atoms with E-state index in [0.29, 0.717) is 14.8 Å². The number of amides is 2. The zero-order valence-corrected chi connectivity index (χ0v) is 12.9. The molecule has 0 saturated carbocycles. The lowest BCUT2D eigenvalue weighted by Gasteiger charge is -2.15. The molecule has 0 spiro atoms. The first kappa shape index (κ1) is 14.6. The highest BCUT2D eigenvalue weighted by molar-refractivity contribution is 8.26. The van der Waals surface area contributed by atoms with Crippen LogP contribution in [0, 0.1) is 0 Å². The van der Waals surface area contributed by atoms with E-state index in [9.17, 15) is 9.59 Å². The zero-order chi connectivity index (χ0) is 15.5. The van der Waals surface area contributed by atoms with Gasteiger partial charge in [0.2, 0.25) is 0 Å². The van der Waals surface area contributed by atoms with Gasteiger partial charge in [0.25, 0.3) is 11.8 Å². The fourth-order valence-corrected chi connectivity index (χ4v) is 3.07. The van der Waals surface area contributed by atoms with Crippen molar-refractivity contribution < 1.29 is 9.59 Å². The molecule has 1 aromatic carbocycles. The SMILES string of the molecule is O=C(NN1C(=O)/C(=C\c2ccc[nH]2)SC1=S)c1ccccc1. The van der Waals surface area contributed by atoms with Crippen LogP contribution < -0.4 is 5.43 Å². The van der Waals surface area contributed by atoms with Crippen molar-refractivity contribution in [2.75, 3.05) is 0 Å². The maximum atomic E-state index is 12.3. The minimum absolute atomic E-state index is 0.298. The van der Waals surface area contributed by atoms with Gasteiger partial charge in [-0.2, -0.15) is 5.01 Å². The molecule has 1 aliphatic heterocycles. The van der Waals surface area contributed by atoms with Crippen LogP contribution in [-0.2, 0) is 4.79 Å². The molecule has 1 aromatic heterocycles. The molecule has 2 aromatic rings. The maximum Gasteiger partial charge on any atom is 0.285 e. The van der Waals surface area contributed by atoms with Crippen LogP contribution in [-0.4, -0.2) is 26.1 Å². The smallest absolute Gasteiger partial charge is 0.285 e. The fourth-order valence-electron chi connectivity index (χ4n) is 1.89. The van der Waals surface area contributed by atoms with E-state index in [0.717, 1.165) is 22.5 Å². The second-order valence-electron chi connectivity index (χ2n) is 4.45. The maximum absolute atomic E-state index is 12.3. The Hall–Kier alpha value is -2.38. The fraction of sp³-hybridized carbons (Fsp3) is 0. The Bertz CT molecular complexity index is 754. The molecule has 110 valence electrons. The van der Waals surface area contributed by atoms with Crippen molar-refractivity contribution in [3.8, 4) is 0 Å². The summed E-state index contributed by atoms with van der Waals surface area (Å²) < 4.78 is 0.298. The normalized spacial score (nSPS) is 16.4. The minimum atomic E-state index is -0.377. The number of aromatic nitrogens is 1. The van der Waals surface area contributed by atoms with E-state index in [2.05, 4.69) is 10.4 Å². The third-order valence-electron chi connectivity index (χ3n) is 2.95. The quantitative estimate of drug-likeness (QED) is 0.671. The monoisotopic (exact) mass is 329 g/mol. The highest BCUT2D eigenvalue weighted by Gasteiger charge is 2.33. The zero-order valence-electron chi connectivity index (χ0n) is 11.3. The van der Waals surface area contributed by atoms with Crippen LogP contribution in [0.4, 0.5) is 0 Å². The van der Waals surface area contributed by atoms with Gasteiger partial charge in [0.05, 0.1) is 4.91 Å². The van der Waals surface area contributed by atoms with Crippen molar-refractivity contribution in [3.05, 3.63) is 64.8 Å². The van der Waals surface area contributed by atoms with E-state index < -0.39 is 0 Å². The molecule has 2 heterocycles. The lowest BCUT2D eigenvalue weighted by atomic mass is 10.2. The Labute approximate surface area is 136 Å². The Morgan fingerprint density at radius 1 is 1.23 bits per heavy atom. The molecule has 7 heteroatoms. The molecule has 0 unspecified atom stereocenters. The summed E-state index contributed by atoms with van der Waals surface area (Å²) in [7, 11) is 0. The lowest BCUT2D eigenvalue weighted by Crippen LogP contribution is -2.44. The number of H-pyrrole nitrogens is 1. The molecular weight excluding hydrogens is 318 g/mol. The molecule has 1 aliphatic rings. The number of rotatable bonds is 3. The Morgan fingerprint density at radius 3 is 2.68 bits per heavy atom. The van der Waals surface area contributed by atoms with Gasteiger partial charge in [-0.05, 0) is 42.6 Å². The summed E-state index contributed by atoms with van der Waals surface area (Å²) in [5, 5.41) is 1.10. The highest BCUT2D eigenvalue weighted by Crippen LogP contribution is 2.31. The van der Waals surface area contributed by atoms with Gasteiger partial charge in [-0.1, -0.05) is 30.0 Å². The van der Waals surface area contributed by atoms with Crippen molar-refractivity contribution in [3.63, 3.8) is 0 Å². The lowest BCUT2D eigenvalue weighted by molar-refractivity contribution is -0.123. The molecule has 1 saturated heterocycles. The summed E-state index contributed by atoms with van der Waals surface area (Å²) in [6.45, 7) is 0. The van der Waals surface area contributed by atoms with Crippen LogP contribution in [0.5, 0.6) is 0 Å². The highest BCUT2D eigenvalue weighted by atomic mass is 32.2. The number of carbonyl (C=O) groups is 2. The number of hydrogen-bond donors (Lipinski definition) is 2. The molecule has 0 radical (unpaired) electrons. The van der Waals surface area contributed by atoms with Crippen LogP contribution in [0.15, 0.2) is 53.6 Å². The summed E-state index contributed by atoms with van der Waals surface area (Å²) in [4.78, 5) is 27.9. The van der Waals surface area contributed by atoms with Gasteiger partial charge in [0.1, 0.15) is 0 Å². The van der Waals surface area contributed by atoms with Gasteiger partial charge in [-0.15, -0.1) is 0 Å². The molecule has 2 amide bonds. The average Bonchev–Trinajstić information content (AvgIpc) is 3.12. The summed E-state index contributed by atoms with van der Waals surface area (Å²) in [6, 6.07) is 12.3. The number of thioether (sulfide) groups is 1. The second kappa shape index (κ2) is 6.17. The van der Waals surface area contributed by atoms with E-state index in [-0.39, 0.29) is 11.8 Å². The van der Waals surface area contributed by atoms with Crippen molar-refractivity contribution in [2.45, 2.75) is 0 Å². The molecule has 0 atom stereocenters. The third-order valence-corrected chi connectivity index (χ3v) is 4.25. The predicted molar refractivity (Wildman–Crippen MR) is 89.7 cm³/mol. The summed E-state index contributed by atoms with van der Waals surface area (Å²) in [6.07, 6.45) is 3.47. The predicted octanol–water partition coefficient (Wildman–Crippen LogP) is 2.56. The van der Waals surface area contributed by atoms with E-state index in [1.54, 1.807) is 36.5 Å². The van der Waals surface area contributed by atoms with Crippen LogP contribution >= 0.6 is 24.0 Å². The van der Waals surface area contributed by atoms with Crippen LogP contribution in [0.2, 0.25) is 0 Å². The topological polar surface area (TPSA) is 65.2 Å². The number of nitrogens with one attached hydrogen (secondary N) is 2. The van der Waals surface area contributed by atoms with E-state index >= 15 is 0 Å². The van der Waals surface area contributed by atoms with Crippen molar-refractivity contribution in [1.82, 2.24) is 15.4 Å². The van der Waals surface area contributed by atoms with Gasteiger partial charge in [-0.3, -0.25) is 15.0 Å². The Kier molecular flexibility index (Phi) is 4.08. The molecule has 1 fully saturated rings. The van der Waals surface area contributed by atoms with Gasteiger partial charge in [0.15, 0.2) is 4.32 Å². The molecule has 0 aliphatic carbocycles. The molecule has 3 rings (SSSR count). The van der Waals surface area contributed by atoms with E-state index in [4.69, 9.17) is 12.2 Å². The van der Waals surface area contributed by atoms with E-state index in [1.165, 1.54) is 0 Å². The number of benzene rings is 1. The Morgan fingerprint density at radius 2 is 2.00 bits per heavy atom. The van der Waals surface area contributed by atoms with Crippen molar-refractivity contribution >= 4 is 46.2 Å². The summed E-state index contributed by atoms with van der Waals surface area (Å²) in [5.74, 6) is -0.716. The molecule has 0 bridgehead atoms. The Balaban J connectivity index is 1.76. The van der Waals surface area contributed by atoms with Crippen molar-refractivity contribution in [2.24, 2.45) is 0 Å². The van der Waals surface area contributed by atoms with E-state index in [1.807, 2.05) is 18.2 Å². The molecule has 22 heavy (non-hydrogen) atoms. The number of thiocarbonyl (C=S) groups is 1. The molecular formula is C15H11N3O2S2. The first-order chi connectivity index (χ1) is 10.6. The van der Waals surface area contributed by atoms with Crippen LogP contribution in [0.25, 0.3) is 6.08 Å². The largest absolute Gasteiger partial charge is 0.362 e. The standard InChI is InChI=1S/C15H11N3O2S2/c19-13(10-5-2-1-3-6-10)17-18-14(20)12(22-15(18)21)9-11-7-4-8-16-11/h1-9,16H,(H,17,19)/b12-9+. The average molecular weight is 329 g/mol. The van der Waals surface area contributed by atoms with Gasteiger partial charge >= 0.3 is 0 Å². The van der Waals surface area contributed by atoms with Crippen LogP contribution in [0.1, 0.15) is 16.1 Å². The van der Waals surface area contributed by atoms with Gasteiger partial charge < -0.3 is 4.98 Å². The molecule has 5 nitrogen and oxygen atoms in total. The summed E-state index contributed by atoms with van der Waals surface area (Å²) >= 11 is 6.31. The number of nitrogens with zero attached hydrogens (tertiary/aromatic N) is 1. The summed E-state index contributed by atoms with van der Waals surface area (Å²) in [5.41, 5.74) is 3.80. The van der Waals surface area contributed by atoms with Gasteiger partial charge in [-0.25, -0.2) is 0 Å². The molecule has 2 N–H and O–H groups in total. The first-order valence-electron chi connectivity index (χ1n) is 6.42. The number of aromatic amines is 1. The number of hydrogen-bond acceptors (Lipinski definition) is 4. The second-order valence-corrected chi connectivity index (χ2v) is 6.13. The first-order valence-corrected chi connectivity index (χ1v) is 7.65. The van der Waals surface area contributed by atoms with Crippen LogP contribution in [0.3, 0.4) is 0 Å². The number of carbonyl (C=O) groups excluding carboxylic acids is 2.